The number of ether oxygens (including phenoxy) is 1. The molecule has 0 aliphatic heterocycles. The molecule has 0 saturated carbocycles. The third kappa shape index (κ3) is 2.61. The summed E-state index contributed by atoms with van der Waals surface area (Å²) in [4.78, 5) is 23.2. The Kier molecular flexibility index (Phi) is 3.70. The quantitative estimate of drug-likeness (QED) is 0.829. The van der Waals surface area contributed by atoms with Crippen molar-refractivity contribution < 1.29 is 19.4 Å². The van der Waals surface area contributed by atoms with Crippen LogP contribution in [-0.4, -0.2) is 23.9 Å². The molecule has 102 valence electrons. The second-order valence-electron chi connectivity index (χ2n) is 4.15. The lowest BCUT2D eigenvalue weighted by Crippen LogP contribution is -2.11. The summed E-state index contributed by atoms with van der Waals surface area (Å²) in [6.45, 7) is 0. The molecule has 0 heterocycles. The first-order chi connectivity index (χ1) is 9.52. The Morgan fingerprint density at radius 3 is 2.15 bits per heavy atom. The van der Waals surface area contributed by atoms with Crippen molar-refractivity contribution in [2.24, 2.45) is 5.73 Å². The number of carbonyl (C=O) groups excluding carboxylic acids is 2. The maximum absolute atomic E-state index is 12.2. The summed E-state index contributed by atoms with van der Waals surface area (Å²) in [6.07, 6.45) is 0. The zero-order valence-corrected chi connectivity index (χ0v) is 10.8. The van der Waals surface area contributed by atoms with Crippen molar-refractivity contribution in [2.75, 3.05) is 7.11 Å². The Labute approximate surface area is 115 Å². The fourth-order valence-electron chi connectivity index (χ4n) is 1.77. The molecule has 2 aromatic carbocycles. The molecule has 1 amide bonds. The standard InChI is InChI=1S/C15H13NO4/c1-20-11-6-7-12(13(17)8-11)14(18)9-2-4-10(5-3-9)15(16)19/h2-8,17H,1H3,(H2,16,19). The van der Waals surface area contributed by atoms with Crippen molar-refractivity contribution in [3.05, 3.63) is 59.2 Å². The largest absolute Gasteiger partial charge is 0.507 e. The Hall–Kier alpha value is -2.82. The van der Waals surface area contributed by atoms with Gasteiger partial charge in [-0.2, -0.15) is 0 Å². The molecule has 2 rings (SSSR count). The van der Waals surface area contributed by atoms with Gasteiger partial charge in [0.1, 0.15) is 11.5 Å². The van der Waals surface area contributed by atoms with E-state index in [1.54, 1.807) is 6.07 Å². The van der Waals surface area contributed by atoms with Gasteiger partial charge in [-0.05, 0) is 24.3 Å². The van der Waals surface area contributed by atoms with Crippen LogP contribution in [0.5, 0.6) is 11.5 Å². The monoisotopic (exact) mass is 271 g/mol. The molecule has 2 aromatic rings. The fourth-order valence-corrected chi connectivity index (χ4v) is 1.77. The van der Waals surface area contributed by atoms with E-state index in [0.29, 0.717) is 16.9 Å². The molecule has 3 N–H and O–H groups in total. The number of methoxy groups -OCH3 is 1. The number of carbonyl (C=O) groups is 2. The first-order valence-corrected chi connectivity index (χ1v) is 5.84. The van der Waals surface area contributed by atoms with E-state index in [0.717, 1.165) is 0 Å². The highest BCUT2D eigenvalue weighted by molar-refractivity contribution is 6.11. The molecule has 0 bridgehead atoms. The predicted molar refractivity (Wildman–Crippen MR) is 73.1 cm³/mol. The summed E-state index contributed by atoms with van der Waals surface area (Å²) in [5, 5.41) is 9.82. The number of aromatic hydroxyl groups is 1. The van der Waals surface area contributed by atoms with E-state index >= 15 is 0 Å². The van der Waals surface area contributed by atoms with Crippen LogP contribution < -0.4 is 10.5 Å². The van der Waals surface area contributed by atoms with Crippen LogP contribution in [0, 0.1) is 0 Å². The normalized spacial score (nSPS) is 10.1. The summed E-state index contributed by atoms with van der Waals surface area (Å²) in [5.41, 5.74) is 5.97. The smallest absolute Gasteiger partial charge is 0.248 e. The molecule has 0 unspecified atom stereocenters. The van der Waals surface area contributed by atoms with Crippen molar-refractivity contribution in [3.8, 4) is 11.5 Å². The minimum absolute atomic E-state index is 0.159. The number of hydrogen-bond donors (Lipinski definition) is 2. The van der Waals surface area contributed by atoms with Gasteiger partial charge in [0.15, 0.2) is 5.78 Å². The van der Waals surface area contributed by atoms with Crippen LogP contribution in [0.25, 0.3) is 0 Å². The number of hydrogen-bond acceptors (Lipinski definition) is 4. The first kappa shape index (κ1) is 13.6. The van der Waals surface area contributed by atoms with E-state index in [4.69, 9.17) is 10.5 Å². The highest BCUT2D eigenvalue weighted by Crippen LogP contribution is 2.25. The zero-order chi connectivity index (χ0) is 14.7. The van der Waals surface area contributed by atoms with E-state index in [9.17, 15) is 14.7 Å². The summed E-state index contributed by atoms with van der Waals surface area (Å²) in [7, 11) is 1.47. The molecule has 20 heavy (non-hydrogen) atoms. The third-order valence-electron chi connectivity index (χ3n) is 2.88. The topological polar surface area (TPSA) is 89.6 Å². The molecule has 5 nitrogen and oxygen atoms in total. The highest BCUT2D eigenvalue weighted by Gasteiger charge is 2.14. The fraction of sp³-hybridized carbons (Fsp3) is 0.0667. The number of benzene rings is 2. The minimum atomic E-state index is -0.559. The van der Waals surface area contributed by atoms with Gasteiger partial charge >= 0.3 is 0 Å². The zero-order valence-electron chi connectivity index (χ0n) is 10.8. The Balaban J connectivity index is 2.33. The lowest BCUT2D eigenvalue weighted by Gasteiger charge is -2.06. The lowest BCUT2D eigenvalue weighted by molar-refractivity contribution is 0.0996. The maximum atomic E-state index is 12.2. The van der Waals surface area contributed by atoms with Gasteiger partial charge in [-0.25, -0.2) is 0 Å². The molecule has 0 aromatic heterocycles. The van der Waals surface area contributed by atoms with E-state index in [2.05, 4.69) is 0 Å². The van der Waals surface area contributed by atoms with Crippen LogP contribution in [0.1, 0.15) is 26.3 Å². The van der Waals surface area contributed by atoms with Crippen LogP contribution in [0.4, 0.5) is 0 Å². The van der Waals surface area contributed by atoms with Gasteiger partial charge in [0.05, 0.1) is 12.7 Å². The molecular weight excluding hydrogens is 258 g/mol. The molecule has 0 aliphatic carbocycles. The van der Waals surface area contributed by atoms with Gasteiger partial charge in [-0.3, -0.25) is 9.59 Å². The van der Waals surface area contributed by atoms with Gasteiger partial charge < -0.3 is 15.6 Å². The SMILES string of the molecule is COc1ccc(C(=O)c2ccc(C(N)=O)cc2)c(O)c1. The Bertz CT molecular complexity index is 662. The molecule has 0 spiro atoms. The van der Waals surface area contributed by atoms with E-state index in [1.807, 2.05) is 0 Å². The summed E-state index contributed by atoms with van der Waals surface area (Å²) < 4.78 is 4.95. The van der Waals surface area contributed by atoms with Crippen LogP contribution in [-0.2, 0) is 0 Å². The number of ketones is 1. The van der Waals surface area contributed by atoms with Gasteiger partial charge in [-0.1, -0.05) is 12.1 Å². The minimum Gasteiger partial charge on any atom is -0.507 e. The number of phenolic OH excluding ortho intramolecular Hbond substituents is 1. The molecule has 0 radical (unpaired) electrons. The highest BCUT2D eigenvalue weighted by atomic mass is 16.5. The van der Waals surface area contributed by atoms with Crippen molar-refractivity contribution in [1.29, 1.82) is 0 Å². The third-order valence-corrected chi connectivity index (χ3v) is 2.88. The number of phenols is 1. The molecular formula is C15H13NO4. The second-order valence-corrected chi connectivity index (χ2v) is 4.15. The summed E-state index contributed by atoms with van der Waals surface area (Å²) in [6, 6.07) is 10.4. The average molecular weight is 271 g/mol. The number of nitrogens with two attached hydrogens (primary N) is 1. The van der Waals surface area contributed by atoms with Crippen molar-refractivity contribution >= 4 is 11.7 Å². The van der Waals surface area contributed by atoms with Crippen LogP contribution in [0.15, 0.2) is 42.5 Å². The molecule has 0 fully saturated rings. The Morgan fingerprint density at radius 1 is 1.05 bits per heavy atom. The predicted octanol–water partition coefficient (Wildman–Crippen LogP) is 1.73. The summed E-state index contributed by atoms with van der Waals surface area (Å²) in [5.74, 6) is -0.603. The van der Waals surface area contributed by atoms with Gasteiger partial charge in [0.2, 0.25) is 5.91 Å². The van der Waals surface area contributed by atoms with Crippen LogP contribution in [0.2, 0.25) is 0 Å². The van der Waals surface area contributed by atoms with Gasteiger partial charge in [0.25, 0.3) is 0 Å². The summed E-state index contributed by atoms with van der Waals surface area (Å²) >= 11 is 0. The van der Waals surface area contributed by atoms with E-state index < -0.39 is 5.91 Å². The number of rotatable bonds is 4. The molecule has 0 saturated heterocycles. The maximum Gasteiger partial charge on any atom is 0.248 e. The number of amides is 1. The molecule has 5 heteroatoms. The molecule has 0 aliphatic rings. The van der Waals surface area contributed by atoms with Crippen LogP contribution in [0.3, 0.4) is 0 Å². The van der Waals surface area contributed by atoms with Crippen molar-refractivity contribution in [2.45, 2.75) is 0 Å². The van der Waals surface area contributed by atoms with Crippen molar-refractivity contribution in [3.63, 3.8) is 0 Å². The average Bonchev–Trinajstić information content (AvgIpc) is 2.46. The van der Waals surface area contributed by atoms with Crippen molar-refractivity contribution in [1.82, 2.24) is 0 Å². The Morgan fingerprint density at radius 2 is 1.65 bits per heavy atom. The second kappa shape index (κ2) is 5.44. The van der Waals surface area contributed by atoms with Crippen LogP contribution >= 0.6 is 0 Å². The van der Waals surface area contributed by atoms with E-state index in [1.165, 1.54) is 43.5 Å². The van der Waals surface area contributed by atoms with E-state index in [-0.39, 0.29) is 17.1 Å². The number of primary amides is 1. The molecule has 0 atom stereocenters. The van der Waals surface area contributed by atoms with Gasteiger partial charge in [-0.15, -0.1) is 0 Å². The van der Waals surface area contributed by atoms with Gasteiger partial charge in [0, 0.05) is 17.2 Å². The first-order valence-electron chi connectivity index (χ1n) is 5.84. The lowest BCUT2D eigenvalue weighted by atomic mass is 10.0.